The molecule has 1 aliphatic carbocycles. The summed E-state index contributed by atoms with van der Waals surface area (Å²) in [5, 5.41) is 14.4. The molecule has 0 unspecified atom stereocenters. The number of nitrogens with zero attached hydrogens (tertiary/aromatic N) is 2. The zero-order chi connectivity index (χ0) is 14.4. The highest BCUT2D eigenvalue weighted by atomic mass is 16.1. The minimum atomic E-state index is -0.0550. The lowest BCUT2D eigenvalue weighted by Gasteiger charge is -2.16. The third kappa shape index (κ3) is 4.47. The Labute approximate surface area is 120 Å². The first-order valence-electron chi connectivity index (χ1n) is 7.56. The Morgan fingerprint density at radius 1 is 1.10 bits per heavy atom. The summed E-state index contributed by atoms with van der Waals surface area (Å²) < 4.78 is 0. The van der Waals surface area contributed by atoms with Gasteiger partial charge in [0.2, 0.25) is 5.91 Å². The van der Waals surface area contributed by atoms with E-state index in [1.807, 2.05) is 19.9 Å². The van der Waals surface area contributed by atoms with Crippen LogP contribution in [0.3, 0.4) is 0 Å². The smallest absolute Gasteiger partial charge is 0.228 e. The maximum atomic E-state index is 11.6. The van der Waals surface area contributed by atoms with Crippen LogP contribution < -0.4 is 10.6 Å². The van der Waals surface area contributed by atoms with Gasteiger partial charge in [-0.3, -0.25) is 4.79 Å². The van der Waals surface area contributed by atoms with Gasteiger partial charge in [0.05, 0.1) is 0 Å². The molecule has 1 heterocycles. The molecule has 1 aromatic heterocycles. The molecule has 1 amide bonds. The summed E-state index contributed by atoms with van der Waals surface area (Å²) in [5.74, 6) is 1.21. The van der Waals surface area contributed by atoms with Crippen molar-refractivity contribution in [2.75, 3.05) is 10.6 Å². The van der Waals surface area contributed by atoms with Gasteiger partial charge in [0, 0.05) is 12.0 Å². The van der Waals surface area contributed by atoms with Crippen molar-refractivity contribution in [3.63, 3.8) is 0 Å². The third-order valence-corrected chi connectivity index (χ3v) is 3.65. The van der Waals surface area contributed by atoms with Crippen molar-refractivity contribution in [3.8, 4) is 0 Å². The summed E-state index contributed by atoms with van der Waals surface area (Å²) in [6.07, 6.45) is 7.65. The Morgan fingerprint density at radius 2 is 1.70 bits per heavy atom. The fourth-order valence-corrected chi connectivity index (χ4v) is 2.38. The van der Waals surface area contributed by atoms with E-state index >= 15 is 0 Å². The zero-order valence-electron chi connectivity index (χ0n) is 12.4. The van der Waals surface area contributed by atoms with Crippen LogP contribution in [0, 0.1) is 5.92 Å². The Bertz CT molecular complexity index is 422. The second kappa shape index (κ2) is 7.22. The second-order valence-electron chi connectivity index (χ2n) is 5.78. The van der Waals surface area contributed by atoms with E-state index in [1.165, 1.54) is 38.5 Å². The van der Waals surface area contributed by atoms with Gasteiger partial charge in [-0.15, -0.1) is 10.2 Å². The SMILES string of the molecule is CC(C)C(=O)Nc1ccc(NC2CCCCCC2)nn1. The van der Waals surface area contributed by atoms with Crippen LogP contribution in [0.25, 0.3) is 0 Å². The fourth-order valence-electron chi connectivity index (χ4n) is 2.38. The second-order valence-corrected chi connectivity index (χ2v) is 5.78. The fraction of sp³-hybridized carbons (Fsp3) is 0.667. The standard InChI is InChI=1S/C15H24N4O/c1-11(2)15(20)17-14-10-9-13(18-19-14)16-12-7-5-3-4-6-8-12/h9-12H,3-8H2,1-2H3,(H,16,18)(H,17,19,20). The van der Waals surface area contributed by atoms with Gasteiger partial charge in [-0.05, 0) is 25.0 Å². The third-order valence-electron chi connectivity index (χ3n) is 3.65. The first-order valence-corrected chi connectivity index (χ1v) is 7.56. The molecule has 0 aromatic carbocycles. The van der Waals surface area contributed by atoms with Crippen LogP contribution in [0.5, 0.6) is 0 Å². The lowest BCUT2D eigenvalue weighted by atomic mass is 10.1. The lowest BCUT2D eigenvalue weighted by Crippen LogP contribution is -2.21. The predicted octanol–water partition coefficient (Wildman–Crippen LogP) is 3.21. The molecule has 110 valence electrons. The molecule has 2 rings (SSSR count). The molecule has 0 atom stereocenters. The molecular formula is C15H24N4O. The van der Waals surface area contributed by atoms with Crippen molar-refractivity contribution in [3.05, 3.63) is 12.1 Å². The van der Waals surface area contributed by atoms with Gasteiger partial charge < -0.3 is 10.6 Å². The molecule has 5 heteroatoms. The van der Waals surface area contributed by atoms with Crippen LogP contribution in [0.2, 0.25) is 0 Å². The number of hydrogen-bond acceptors (Lipinski definition) is 4. The van der Waals surface area contributed by atoms with E-state index in [1.54, 1.807) is 6.07 Å². The average molecular weight is 276 g/mol. The van der Waals surface area contributed by atoms with Crippen molar-refractivity contribution >= 4 is 17.5 Å². The topological polar surface area (TPSA) is 66.9 Å². The maximum absolute atomic E-state index is 11.6. The number of nitrogens with one attached hydrogen (secondary N) is 2. The number of hydrogen-bond donors (Lipinski definition) is 2. The van der Waals surface area contributed by atoms with Crippen molar-refractivity contribution in [2.45, 2.75) is 58.4 Å². The Hall–Kier alpha value is -1.65. The molecule has 0 radical (unpaired) electrons. The Kier molecular flexibility index (Phi) is 5.32. The van der Waals surface area contributed by atoms with E-state index < -0.39 is 0 Å². The van der Waals surface area contributed by atoms with Crippen molar-refractivity contribution in [1.29, 1.82) is 0 Å². The summed E-state index contributed by atoms with van der Waals surface area (Å²) in [6.45, 7) is 3.70. The molecule has 5 nitrogen and oxygen atoms in total. The van der Waals surface area contributed by atoms with Crippen LogP contribution in [-0.2, 0) is 4.79 Å². The Morgan fingerprint density at radius 3 is 2.25 bits per heavy atom. The molecule has 0 aliphatic heterocycles. The molecular weight excluding hydrogens is 252 g/mol. The summed E-state index contributed by atoms with van der Waals surface area (Å²) in [6, 6.07) is 4.18. The van der Waals surface area contributed by atoms with E-state index in [0.29, 0.717) is 11.9 Å². The van der Waals surface area contributed by atoms with Gasteiger partial charge in [-0.25, -0.2) is 0 Å². The average Bonchev–Trinajstić information content (AvgIpc) is 2.69. The number of rotatable bonds is 4. The summed E-state index contributed by atoms with van der Waals surface area (Å²) >= 11 is 0. The van der Waals surface area contributed by atoms with E-state index in [-0.39, 0.29) is 11.8 Å². The van der Waals surface area contributed by atoms with Gasteiger partial charge >= 0.3 is 0 Å². The zero-order valence-corrected chi connectivity index (χ0v) is 12.4. The van der Waals surface area contributed by atoms with Crippen LogP contribution in [-0.4, -0.2) is 22.1 Å². The van der Waals surface area contributed by atoms with Crippen LogP contribution in [0.4, 0.5) is 11.6 Å². The maximum Gasteiger partial charge on any atom is 0.228 e. The van der Waals surface area contributed by atoms with Crippen molar-refractivity contribution < 1.29 is 4.79 Å². The highest BCUT2D eigenvalue weighted by Gasteiger charge is 2.13. The normalized spacial score (nSPS) is 16.8. The van der Waals surface area contributed by atoms with Gasteiger partial charge in [0.1, 0.15) is 5.82 Å². The monoisotopic (exact) mass is 276 g/mol. The number of aromatic nitrogens is 2. The van der Waals surface area contributed by atoms with Crippen LogP contribution in [0.1, 0.15) is 52.4 Å². The van der Waals surface area contributed by atoms with E-state index in [4.69, 9.17) is 0 Å². The molecule has 0 spiro atoms. The minimum absolute atomic E-state index is 0.0382. The van der Waals surface area contributed by atoms with E-state index in [2.05, 4.69) is 20.8 Å². The van der Waals surface area contributed by atoms with Gasteiger partial charge in [0.25, 0.3) is 0 Å². The number of carbonyl (C=O) groups excluding carboxylic acids is 1. The Balaban J connectivity index is 1.89. The number of amides is 1. The van der Waals surface area contributed by atoms with Gasteiger partial charge in [-0.2, -0.15) is 0 Å². The van der Waals surface area contributed by atoms with E-state index in [0.717, 1.165) is 5.82 Å². The van der Waals surface area contributed by atoms with Gasteiger partial charge in [0.15, 0.2) is 5.82 Å². The first-order chi connectivity index (χ1) is 9.65. The minimum Gasteiger partial charge on any atom is -0.366 e. The highest BCUT2D eigenvalue weighted by molar-refractivity contribution is 5.91. The first kappa shape index (κ1) is 14.8. The van der Waals surface area contributed by atoms with E-state index in [9.17, 15) is 4.79 Å². The van der Waals surface area contributed by atoms with Crippen molar-refractivity contribution in [1.82, 2.24) is 10.2 Å². The van der Waals surface area contributed by atoms with Crippen molar-refractivity contribution in [2.24, 2.45) is 5.92 Å². The highest BCUT2D eigenvalue weighted by Crippen LogP contribution is 2.20. The van der Waals surface area contributed by atoms with Gasteiger partial charge in [-0.1, -0.05) is 39.5 Å². The summed E-state index contributed by atoms with van der Waals surface area (Å²) in [5.41, 5.74) is 0. The molecule has 1 aromatic rings. The molecule has 1 fully saturated rings. The number of carbonyl (C=O) groups is 1. The van der Waals surface area contributed by atoms with Crippen LogP contribution in [0.15, 0.2) is 12.1 Å². The molecule has 0 saturated heterocycles. The lowest BCUT2D eigenvalue weighted by molar-refractivity contribution is -0.118. The molecule has 20 heavy (non-hydrogen) atoms. The largest absolute Gasteiger partial charge is 0.366 e. The molecule has 2 N–H and O–H groups in total. The predicted molar refractivity (Wildman–Crippen MR) is 80.6 cm³/mol. The number of anilines is 2. The molecule has 1 saturated carbocycles. The molecule has 0 bridgehead atoms. The summed E-state index contributed by atoms with van der Waals surface area (Å²) in [4.78, 5) is 11.6. The van der Waals surface area contributed by atoms with Crippen LogP contribution >= 0.6 is 0 Å². The molecule has 1 aliphatic rings. The summed E-state index contributed by atoms with van der Waals surface area (Å²) in [7, 11) is 0. The quantitative estimate of drug-likeness (QED) is 0.829.